The van der Waals surface area contributed by atoms with Crippen molar-refractivity contribution in [3.63, 3.8) is 0 Å². The van der Waals surface area contributed by atoms with Gasteiger partial charge in [0.2, 0.25) is 0 Å². The van der Waals surface area contributed by atoms with Crippen molar-refractivity contribution in [3.05, 3.63) is 51.2 Å². The van der Waals surface area contributed by atoms with E-state index in [0.717, 1.165) is 21.8 Å². The van der Waals surface area contributed by atoms with Crippen molar-refractivity contribution in [2.24, 2.45) is 5.84 Å². The summed E-state index contributed by atoms with van der Waals surface area (Å²) in [5.41, 5.74) is 4.05. The standard InChI is InChI=1S/C15H18N2O3S/c1-10-12(8-14(21-10)15(19)17-16)9-20-13-5-3-2-4-11(13)6-7-18/h2-5,8,18H,6-7,9,16H2,1H3,(H,17,19). The highest BCUT2D eigenvalue weighted by Gasteiger charge is 2.12. The fourth-order valence-electron chi connectivity index (χ4n) is 1.97. The third kappa shape index (κ3) is 3.81. The smallest absolute Gasteiger partial charge is 0.275 e. The van der Waals surface area contributed by atoms with Gasteiger partial charge in [-0.3, -0.25) is 10.2 Å². The van der Waals surface area contributed by atoms with Crippen molar-refractivity contribution in [2.75, 3.05) is 6.61 Å². The van der Waals surface area contributed by atoms with Crippen LogP contribution in [0.4, 0.5) is 0 Å². The van der Waals surface area contributed by atoms with Crippen LogP contribution in [0.25, 0.3) is 0 Å². The molecular formula is C15H18N2O3S. The van der Waals surface area contributed by atoms with Crippen molar-refractivity contribution in [1.82, 2.24) is 5.43 Å². The van der Waals surface area contributed by atoms with Crippen molar-refractivity contribution in [3.8, 4) is 5.75 Å². The van der Waals surface area contributed by atoms with Gasteiger partial charge in [-0.05, 0) is 31.0 Å². The molecule has 6 heteroatoms. The molecule has 1 amide bonds. The van der Waals surface area contributed by atoms with Crippen LogP contribution in [0.2, 0.25) is 0 Å². The number of aryl methyl sites for hydroxylation is 1. The number of aliphatic hydroxyl groups is 1. The normalized spacial score (nSPS) is 10.4. The molecule has 0 atom stereocenters. The van der Waals surface area contributed by atoms with Gasteiger partial charge in [0.1, 0.15) is 12.4 Å². The van der Waals surface area contributed by atoms with Gasteiger partial charge in [-0.15, -0.1) is 11.3 Å². The molecule has 0 saturated heterocycles. The van der Waals surface area contributed by atoms with Crippen molar-refractivity contribution in [1.29, 1.82) is 0 Å². The summed E-state index contributed by atoms with van der Waals surface area (Å²) >= 11 is 1.38. The number of aliphatic hydroxyl groups excluding tert-OH is 1. The molecule has 0 saturated carbocycles. The summed E-state index contributed by atoms with van der Waals surface area (Å²) in [6.07, 6.45) is 0.555. The number of amides is 1. The summed E-state index contributed by atoms with van der Waals surface area (Å²) in [6.45, 7) is 2.40. The molecule has 1 aromatic carbocycles. The molecule has 2 aromatic rings. The number of thiophene rings is 1. The van der Waals surface area contributed by atoms with E-state index in [9.17, 15) is 4.79 Å². The zero-order chi connectivity index (χ0) is 15.2. The number of carbonyl (C=O) groups excluding carboxylic acids is 1. The summed E-state index contributed by atoms with van der Waals surface area (Å²) in [5.74, 6) is 5.59. The van der Waals surface area contributed by atoms with Crippen LogP contribution in [-0.2, 0) is 13.0 Å². The summed E-state index contributed by atoms with van der Waals surface area (Å²) in [4.78, 5) is 13.1. The van der Waals surface area contributed by atoms with Crippen molar-refractivity contribution in [2.45, 2.75) is 20.0 Å². The lowest BCUT2D eigenvalue weighted by Gasteiger charge is -2.10. The molecule has 112 valence electrons. The van der Waals surface area contributed by atoms with Gasteiger partial charge in [-0.2, -0.15) is 0 Å². The third-order valence-corrected chi connectivity index (χ3v) is 4.20. The first kappa shape index (κ1) is 15.5. The summed E-state index contributed by atoms with van der Waals surface area (Å²) < 4.78 is 5.82. The molecule has 0 aliphatic heterocycles. The van der Waals surface area contributed by atoms with Gasteiger partial charge >= 0.3 is 0 Å². The van der Waals surface area contributed by atoms with E-state index >= 15 is 0 Å². The second kappa shape index (κ2) is 7.21. The SMILES string of the molecule is Cc1sc(C(=O)NN)cc1COc1ccccc1CCO. The van der Waals surface area contributed by atoms with Crippen LogP contribution in [0.5, 0.6) is 5.75 Å². The summed E-state index contributed by atoms with van der Waals surface area (Å²) in [7, 11) is 0. The monoisotopic (exact) mass is 306 g/mol. The molecule has 0 spiro atoms. The van der Waals surface area contributed by atoms with Gasteiger partial charge in [-0.25, -0.2) is 5.84 Å². The highest BCUT2D eigenvalue weighted by Crippen LogP contribution is 2.25. The Labute approximate surface area is 127 Å². The maximum Gasteiger partial charge on any atom is 0.275 e. The number of carbonyl (C=O) groups is 1. The van der Waals surface area contributed by atoms with E-state index < -0.39 is 0 Å². The van der Waals surface area contributed by atoms with Crippen LogP contribution < -0.4 is 16.0 Å². The number of nitrogens with two attached hydrogens (primary N) is 1. The Bertz CT molecular complexity index is 625. The molecule has 0 unspecified atom stereocenters. The van der Waals surface area contributed by atoms with Crippen LogP contribution in [0.3, 0.4) is 0 Å². The Morgan fingerprint density at radius 1 is 1.38 bits per heavy atom. The highest BCUT2D eigenvalue weighted by atomic mass is 32.1. The van der Waals surface area contributed by atoms with E-state index in [1.165, 1.54) is 11.3 Å². The molecule has 0 aliphatic carbocycles. The average molecular weight is 306 g/mol. The van der Waals surface area contributed by atoms with Crippen LogP contribution >= 0.6 is 11.3 Å². The van der Waals surface area contributed by atoms with Gasteiger partial charge in [0.25, 0.3) is 5.91 Å². The Hall–Kier alpha value is -1.89. The number of ether oxygens (including phenoxy) is 1. The largest absolute Gasteiger partial charge is 0.489 e. The first-order valence-corrected chi connectivity index (χ1v) is 7.39. The minimum atomic E-state index is -0.296. The van der Waals surface area contributed by atoms with Crippen LogP contribution in [-0.4, -0.2) is 17.6 Å². The van der Waals surface area contributed by atoms with Gasteiger partial charge in [-0.1, -0.05) is 18.2 Å². The number of hydrogen-bond donors (Lipinski definition) is 3. The molecule has 1 heterocycles. The molecule has 2 rings (SSSR count). The Kier molecular flexibility index (Phi) is 5.32. The van der Waals surface area contributed by atoms with E-state index in [4.69, 9.17) is 15.7 Å². The molecule has 1 aromatic heterocycles. The number of hydrogen-bond acceptors (Lipinski definition) is 5. The third-order valence-electron chi connectivity index (χ3n) is 3.11. The predicted octanol–water partition coefficient (Wildman–Crippen LogP) is 1.77. The molecule has 0 aliphatic rings. The molecule has 0 fully saturated rings. The minimum Gasteiger partial charge on any atom is -0.489 e. The molecule has 21 heavy (non-hydrogen) atoms. The van der Waals surface area contributed by atoms with Gasteiger partial charge < -0.3 is 9.84 Å². The van der Waals surface area contributed by atoms with Gasteiger partial charge in [0.15, 0.2) is 0 Å². The number of hydrazine groups is 1. The lowest BCUT2D eigenvalue weighted by atomic mass is 10.1. The van der Waals surface area contributed by atoms with E-state index in [-0.39, 0.29) is 12.5 Å². The molecular weight excluding hydrogens is 288 g/mol. The number of para-hydroxylation sites is 1. The lowest BCUT2D eigenvalue weighted by molar-refractivity contribution is 0.0957. The Morgan fingerprint density at radius 2 is 2.14 bits per heavy atom. The fraction of sp³-hybridized carbons (Fsp3) is 0.267. The van der Waals surface area contributed by atoms with E-state index in [1.54, 1.807) is 6.07 Å². The zero-order valence-corrected chi connectivity index (χ0v) is 12.6. The number of nitrogens with one attached hydrogen (secondary N) is 1. The van der Waals surface area contributed by atoms with Crippen molar-refractivity contribution >= 4 is 17.2 Å². The number of rotatable bonds is 6. The van der Waals surface area contributed by atoms with E-state index in [1.807, 2.05) is 31.2 Å². The quantitative estimate of drug-likeness (QED) is 0.431. The van der Waals surface area contributed by atoms with Gasteiger partial charge in [0.05, 0.1) is 4.88 Å². The first-order valence-electron chi connectivity index (χ1n) is 6.57. The lowest BCUT2D eigenvalue weighted by Crippen LogP contribution is -2.29. The second-order valence-corrected chi connectivity index (χ2v) is 5.79. The average Bonchev–Trinajstić information content (AvgIpc) is 2.87. The molecule has 0 bridgehead atoms. The maximum absolute atomic E-state index is 11.5. The summed E-state index contributed by atoms with van der Waals surface area (Å²) in [6, 6.07) is 9.40. The van der Waals surface area contributed by atoms with Crippen LogP contribution in [0.15, 0.2) is 30.3 Å². The number of nitrogen functional groups attached to an aromatic ring is 1. The van der Waals surface area contributed by atoms with Crippen molar-refractivity contribution < 1.29 is 14.6 Å². The molecule has 0 radical (unpaired) electrons. The van der Waals surface area contributed by atoms with E-state index in [0.29, 0.717) is 17.9 Å². The predicted molar refractivity (Wildman–Crippen MR) is 82.3 cm³/mol. The second-order valence-electron chi connectivity index (χ2n) is 4.54. The highest BCUT2D eigenvalue weighted by molar-refractivity contribution is 7.14. The maximum atomic E-state index is 11.5. The van der Waals surface area contributed by atoms with E-state index in [2.05, 4.69) is 5.43 Å². The minimum absolute atomic E-state index is 0.0820. The van der Waals surface area contributed by atoms with Crippen LogP contribution in [0.1, 0.15) is 25.7 Å². The zero-order valence-electron chi connectivity index (χ0n) is 11.8. The number of benzene rings is 1. The fourth-order valence-corrected chi connectivity index (χ4v) is 2.90. The Balaban J connectivity index is 2.10. The molecule has 5 nitrogen and oxygen atoms in total. The molecule has 4 N–H and O–H groups in total. The first-order chi connectivity index (χ1) is 10.2. The topological polar surface area (TPSA) is 84.6 Å². The summed E-state index contributed by atoms with van der Waals surface area (Å²) in [5, 5.41) is 9.05. The van der Waals surface area contributed by atoms with Gasteiger partial charge in [0, 0.05) is 17.0 Å². The Morgan fingerprint density at radius 3 is 2.86 bits per heavy atom. The van der Waals surface area contributed by atoms with Crippen LogP contribution in [0, 0.1) is 6.92 Å².